The molecule has 0 aliphatic rings. The lowest BCUT2D eigenvalue weighted by Gasteiger charge is -2.08. The summed E-state index contributed by atoms with van der Waals surface area (Å²) in [5, 5.41) is 3.37. The monoisotopic (exact) mass is 270 g/mol. The Balaban J connectivity index is 2.80. The van der Waals surface area contributed by atoms with E-state index < -0.39 is 0 Å². The average molecular weight is 271 g/mol. The van der Waals surface area contributed by atoms with E-state index >= 15 is 0 Å². The smallest absolute Gasteiger partial charge is 0.151 e. The van der Waals surface area contributed by atoms with Crippen molar-refractivity contribution in [3.05, 3.63) is 27.5 Å². The molecule has 0 radical (unpaired) electrons. The first-order chi connectivity index (χ1) is 6.77. The highest BCUT2D eigenvalue weighted by Gasteiger charge is 2.11. The minimum atomic E-state index is 0.967. The SMILES string of the molecule is CCc1cc2ccsc2c(OC)c1Br. The van der Waals surface area contributed by atoms with Gasteiger partial charge in [0, 0.05) is 0 Å². The standard InChI is InChI=1S/C11H11BrOS/c1-3-7-6-8-4-5-14-11(8)10(13-2)9(7)12/h4-6H,3H2,1-2H3. The summed E-state index contributed by atoms with van der Waals surface area (Å²) < 4.78 is 7.74. The Bertz CT molecular complexity index is 462. The largest absolute Gasteiger partial charge is 0.494 e. The summed E-state index contributed by atoms with van der Waals surface area (Å²) in [5.41, 5.74) is 1.30. The van der Waals surface area contributed by atoms with Crippen molar-refractivity contribution in [3.8, 4) is 5.75 Å². The second kappa shape index (κ2) is 3.91. The molecule has 0 saturated carbocycles. The molecule has 1 aromatic heterocycles. The fourth-order valence-corrected chi connectivity index (χ4v) is 3.35. The van der Waals surface area contributed by atoms with Gasteiger partial charge in [0.1, 0.15) is 0 Å². The van der Waals surface area contributed by atoms with Gasteiger partial charge in [-0.05, 0) is 50.8 Å². The lowest BCUT2D eigenvalue weighted by Crippen LogP contribution is -1.89. The zero-order valence-corrected chi connectivity index (χ0v) is 10.5. The van der Waals surface area contributed by atoms with E-state index in [0.717, 1.165) is 16.6 Å². The van der Waals surface area contributed by atoms with Crippen LogP contribution in [-0.2, 0) is 6.42 Å². The maximum atomic E-state index is 5.42. The normalized spacial score (nSPS) is 10.8. The molecule has 0 aliphatic heterocycles. The number of methoxy groups -OCH3 is 1. The van der Waals surface area contributed by atoms with Crippen molar-refractivity contribution in [2.45, 2.75) is 13.3 Å². The molecular formula is C11H11BrOS. The molecular weight excluding hydrogens is 260 g/mol. The second-order valence-corrected chi connectivity index (χ2v) is 4.78. The van der Waals surface area contributed by atoms with Crippen LogP contribution in [0.5, 0.6) is 5.75 Å². The molecule has 0 spiro atoms. The Labute approximate surface area is 95.8 Å². The first-order valence-electron chi connectivity index (χ1n) is 4.50. The Hall–Kier alpha value is -0.540. The van der Waals surface area contributed by atoms with Gasteiger partial charge in [0.15, 0.2) is 5.75 Å². The zero-order valence-electron chi connectivity index (χ0n) is 8.13. The summed E-state index contributed by atoms with van der Waals surface area (Å²) in [6.45, 7) is 2.15. The lowest BCUT2D eigenvalue weighted by molar-refractivity contribution is 0.417. The molecule has 2 rings (SSSR count). The van der Waals surface area contributed by atoms with Crippen molar-refractivity contribution in [1.82, 2.24) is 0 Å². The molecule has 0 unspecified atom stereocenters. The van der Waals surface area contributed by atoms with Gasteiger partial charge >= 0.3 is 0 Å². The number of rotatable bonds is 2. The van der Waals surface area contributed by atoms with Crippen LogP contribution in [0.3, 0.4) is 0 Å². The molecule has 2 aromatic rings. The van der Waals surface area contributed by atoms with E-state index in [1.54, 1.807) is 18.4 Å². The van der Waals surface area contributed by atoms with Crippen molar-refractivity contribution < 1.29 is 4.74 Å². The van der Waals surface area contributed by atoms with Crippen molar-refractivity contribution in [2.24, 2.45) is 0 Å². The Morgan fingerprint density at radius 2 is 2.29 bits per heavy atom. The predicted octanol–water partition coefficient (Wildman–Crippen LogP) is 4.23. The van der Waals surface area contributed by atoms with Gasteiger partial charge in [-0.15, -0.1) is 11.3 Å². The summed E-state index contributed by atoms with van der Waals surface area (Å²) in [5.74, 6) is 0.967. The number of thiophene rings is 1. The van der Waals surface area contributed by atoms with Crippen LogP contribution in [-0.4, -0.2) is 7.11 Å². The Morgan fingerprint density at radius 3 is 2.93 bits per heavy atom. The molecule has 1 nitrogen and oxygen atoms in total. The molecule has 74 valence electrons. The summed E-state index contributed by atoms with van der Waals surface area (Å²) in [6, 6.07) is 4.35. The van der Waals surface area contributed by atoms with Crippen molar-refractivity contribution in [1.29, 1.82) is 0 Å². The number of halogens is 1. The maximum absolute atomic E-state index is 5.42. The molecule has 0 saturated heterocycles. The van der Waals surface area contributed by atoms with E-state index in [2.05, 4.69) is 40.4 Å². The summed E-state index contributed by atoms with van der Waals surface area (Å²) in [7, 11) is 1.72. The Kier molecular flexibility index (Phi) is 2.79. The van der Waals surface area contributed by atoms with Gasteiger partial charge in [0.25, 0.3) is 0 Å². The van der Waals surface area contributed by atoms with Crippen molar-refractivity contribution in [2.75, 3.05) is 7.11 Å². The van der Waals surface area contributed by atoms with E-state index in [1.165, 1.54) is 15.6 Å². The highest BCUT2D eigenvalue weighted by atomic mass is 79.9. The van der Waals surface area contributed by atoms with Gasteiger partial charge in [-0.2, -0.15) is 0 Å². The molecule has 0 amide bonds. The van der Waals surface area contributed by atoms with Gasteiger partial charge in [-0.25, -0.2) is 0 Å². The highest BCUT2D eigenvalue weighted by Crippen LogP contribution is 2.39. The number of hydrogen-bond acceptors (Lipinski definition) is 2. The fourth-order valence-electron chi connectivity index (χ4n) is 1.55. The van der Waals surface area contributed by atoms with Crippen LogP contribution in [0.25, 0.3) is 10.1 Å². The third-order valence-electron chi connectivity index (χ3n) is 2.30. The van der Waals surface area contributed by atoms with Gasteiger partial charge in [0.05, 0.1) is 16.3 Å². The van der Waals surface area contributed by atoms with Gasteiger partial charge in [-0.1, -0.05) is 6.92 Å². The minimum Gasteiger partial charge on any atom is -0.494 e. The number of fused-ring (bicyclic) bond motifs is 1. The van der Waals surface area contributed by atoms with Crippen LogP contribution in [0.2, 0.25) is 0 Å². The molecule has 0 atom stereocenters. The Morgan fingerprint density at radius 1 is 1.50 bits per heavy atom. The van der Waals surface area contributed by atoms with Crippen LogP contribution in [0.1, 0.15) is 12.5 Å². The molecule has 0 bridgehead atoms. The van der Waals surface area contributed by atoms with E-state index in [-0.39, 0.29) is 0 Å². The lowest BCUT2D eigenvalue weighted by atomic mass is 10.1. The molecule has 0 aliphatic carbocycles. The van der Waals surface area contributed by atoms with Crippen molar-refractivity contribution in [3.63, 3.8) is 0 Å². The first-order valence-corrected chi connectivity index (χ1v) is 6.17. The first kappa shape index (κ1) is 9.99. The summed E-state index contributed by atoms with van der Waals surface area (Å²) in [4.78, 5) is 0. The molecule has 1 aromatic carbocycles. The third-order valence-corrected chi connectivity index (χ3v) is 4.10. The van der Waals surface area contributed by atoms with E-state index in [9.17, 15) is 0 Å². The summed E-state index contributed by atoms with van der Waals surface area (Å²) in [6.07, 6.45) is 1.02. The topological polar surface area (TPSA) is 9.23 Å². The van der Waals surface area contributed by atoms with Crippen LogP contribution in [0.15, 0.2) is 22.0 Å². The molecule has 1 heterocycles. The number of aryl methyl sites for hydroxylation is 1. The summed E-state index contributed by atoms with van der Waals surface area (Å²) >= 11 is 5.31. The third kappa shape index (κ3) is 1.44. The van der Waals surface area contributed by atoms with Crippen LogP contribution >= 0.6 is 27.3 Å². The predicted molar refractivity (Wildman–Crippen MR) is 65.5 cm³/mol. The number of ether oxygens (including phenoxy) is 1. The van der Waals surface area contributed by atoms with Crippen LogP contribution in [0, 0.1) is 0 Å². The van der Waals surface area contributed by atoms with E-state index in [4.69, 9.17) is 4.74 Å². The van der Waals surface area contributed by atoms with E-state index in [1.807, 2.05) is 0 Å². The quantitative estimate of drug-likeness (QED) is 0.794. The maximum Gasteiger partial charge on any atom is 0.151 e. The minimum absolute atomic E-state index is 0.967. The molecule has 0 fully saturated rings. The van der Waals surface area contributed by atoms with Gasteiger partial charge in [-0.3, -0.25) is 0 Å². The van der Waals surface area contributed by atoms with Crippen LogP contribution < -0.4 is 4.74 Å². The average Bonchev–Trinajstić information content (AvgIpc) is 2.64. The van der Waals surface area contributed by atoms with E-state index in [0.29, 0.717) is 0 Å². The zero-order chi connectivity index (χ0) is 10.1. The van der Waals surface area contributed by atoms with Gasteiger partial charge in [0.2, 0.25) is 0 Å². The second-order valence-electron chi connectivity index (χ2n) is 3.08. The molecule has 14 heavy (non-hydrogen) atoms. The van der Waals surface area contributed by atoms with Crippen LogP contribution in [0.4, 0.5) is 0 Å². The number of hydrogen-bond donors (Lipinski definition) is 0. The molecule has 0 N–H and O–H groups in total. The van der Waals surface area contributed by atoms with Gasteiger partial charge < -0.3 is 4.74 Å². The number of benzene rings is 1. The molecule has 3 heteroatoms. The van der Waals surface area contributed by atoms with Crippen molar-refractivity contribution >= 4 is 37.4 Å². The fraction of sp³-hybridized carbons (Fsp3) is 0.273. The highest BCUT2D eigenvalue weighted by molar-refractivity contribution is 9.10.